The van der Waals surface area contributed by atoms with Gasteiger partial charge in [-0.05, 0) is 79.5 Å². The number of carbonyl (C=O) groups is 1. The van der Waals surface area contributed by atoms with Gasteiger partial charge in [-0.2, -0.15) is 0 Å². The number of carbonyl (C=O) groups excluding carboxylic acids is 1. The fourth-order valence-corrected chi connectivity index (χ4v) is 4.67. The third-order valence-corrected chi connectivity index (χ3v) is 5.75. The highest BCUT2D eigenvalue weighted by Gasteiger charge is 2.37. The first-order valence-electron chi connectivity index (χ1n) is 9.45. The zero-order chi connectivity index (χ0) is 19.6. The second-order valence-electron chi connectivity index (χ2n) is 6.46. The van der Waals surface area contributed by atoms with Crippen molar-refractivity contribution in [3.63, 3.8) is 0 Å². The smallest absolute Gasteiger partial charge is 0.175 e. The summed E-state index contributed by atoms with van der Waals surface area (Å²) in [7, 11) is 0. The number of ketones is 1. The lowest BCUT2D eigenvalue weighted by molar-refractivity contribution is -0.116. The molecule has 0 fully saturated rings. The van der Waals surface area contributed by atoms with E-state index in [-0.39, 0.29) is 11.8 Å². The minimum Gasteiger partial charge on any atom is -0.490 e. The van der Waals surface area contributed by atoms with Gasteiger partial charge >= 0.3 is 0 Å². The Kier molecular flexibility index (Phi) is 6.42. The summed E-state index contributed by atoms with van der Waals surface area (Å²) in [5, 5.41) is 4.04. The van der Waals surface area contributed by atoms with Crippen LogP contribution in [0.4, 0.5) is 0 Å². The molecule has 3 rings (SSSR count). The molecule has 1 aromatic carbocycles. The van der Waals surface area contributed by atoms with Gasteiger partial charge in [-0.25, -0.2) is 0 Å². The molecule has 0 saturated heterocycles. The van der Waals surface area contributed by atoms with Gasteiger partial charge in [-0.1, -0.05) is 0 Å². The summed E-state index contributed by atoms with van der Waals surface area (Å²) in [4.78, 5) is 14.9. The number of rotatable bonds is 6. The number of allylic oxidation sites excluding steroid dienone is 1. The highest BCUT2D eigenvalue weighted by Crippen LogP contribution is 2.43. The molecule has 146 valence electrons. The molecule has 0 saturated carbocycles. The molecule has 1 aromatic rings. The summed E-state index contributed by atoms with van der Waals surface area (Å²) < 4.78 is 12.4. The minimum atomic E-state index is -0.269. The fourth-order valence-electron chi connectivity index (χ4n) is 3.74. The van der Waals surface area contributed by atoms with Crippen LogP contribution in [0.3, 0.4) is 0 Å². The summed E-state index contributed by atoms with van der Waals surface area (Å²) in [6.07, 6.45) is 2.34. The van der Waals surface area contributed by atoms with Gasteiger partial charge < -0.3 is 19.7 Å². The van der Waals surface area contributed by atoms with Gasteiger partial charge in [0.2, 0.25) is 0 Å². The molecule has 1 heterocycles. The van der Waals surface area contributed by atoms with E-state index < -0.39 is 0 Å². The van der Waals surface area contributed by atoms with E-state index in [1.807, 2.05) is 30.9 Å². The van der Waals surface area contributed by atoms with Crippen LogP contribution in [0.1, 0.15) is 51.6 Å². The van der Waals surface area contributed by atoms with Gasteiger partial charge in [0.1, 0.15) is 0 Å². The van der Waals surface area contributed by atoms with E-state index in [1.165, 1.54) is 0 Å². The average molecular weight is 453 g/mol. The van der Waals surface area contributed by atoms with Crippen molar-refractivity contribution < 1.29 is 14.3 Å². The fraction of sp³-hybridized carbons (Fsp3) is 0.500. The van der Waals surface area contributed by atoms with Crippen molar-refractivity contribution in [1.29, 1.82) is 0 Å². The standard InChI is InChI=1S/C20H25BrN2O3S/c1-4-23-14-8-7-9-15(24)17(14)18(22-20(23)27)12-10-13(21)19(26-6-3)16(11-12)25-5-2/h10-11,18H,4-9H2,1-3H3,(H,22,27). The van der Waals surface area contributed by atoms with Crippen LogP contribution in [-0.4, -0.2) is 35.6 Å². The van der Waals surface area contributed by atoms with Crippen LogP contribution in [0.15, 0.2) is 27.9 Å². The van der Waals surface area contributed by atoms with Crippen molar-refractivity contribution in [3.05, 3.63) is 33.4 Å². The van der Waals surface area contributed by atoms with E-state index in [4.69, 9.17) is 21.7 Å². The van der Waals surface area contributed by atoms with Crippen LogP contribution < -0.4 is 14.8 Å². The lowest BCUT2D eigenvalue weighted by atomic mass is 9.84. The molecule has 0 bridgehead atoms. The molecule has 1 unspecified atom stereocenters. The molecule has 27 heavy (non-hydrogen) atoms. The zero-order valence-electron chi connectivity index (χ0n) is 15.9. The van der Waals surface area contributed by atoms with Crippen LogP contribution in [0.25, 0.3) is 0 Å². The summed E-state index contributed by atoms with van der Waals surface area (Å²) in [5.74, 6) is 1.54. The Bertz CT molecular complexity index is 794. The van der Waals surface area contributed by atoms with Gasteiger partial charge in [-0.15, -0.1) is 0 Å². The molecule has 0 amide bonds. The Labute approximate surface area is 174 Å². The SMILES string of the molecule is CCOc1cc(C2NC(=S)N(CC)C3=C2C(=O)CCC3)cc(Br)c1OCC. The number of hydrogen-bond donors (Lipinski definition) is 1. The molecule has 1 N–H and O–H groups in total. The van der Waals surface area contributed by atoms with Crippen LogP contribution in [-0.2, 0) is 4.79 Å². The molecular formula is C20H25BrN2O3S. The largest absolute Gasteiger partial charge is 0.490 e. The normalized spacial score (nSPS) is 19.7. The van der Waals surface area contributed by atoms with Crippen molar-refractivity contribution in [3.8, 4) is 11.5 Å². The van der Waals surface area contributed by atoms with Gasteiger partial charge in [0.25, 0.3) is 0 Å². The number of hydrogen-bond acceptors (Lipinski definition) is 4. The van der Waals surface area contributed by atoms with E-state index in [1.54, 1.807) is 0 Å². The van der Waals surface area contributed by atoms with Crippen LogP contribution in [0.5, 0.6) is 11.5 Å². The molecule has 1 aliphatic carbocycles. The predicted molar refractivity (Wildman–Crippen MR) is 113 cm³/mol. The Morgan fingerprint density at radius 1 is 1.22 bits per heavy atom. The number of Topliss-reactive ketones (excluding diaryl/α,β-unsaturated/α-hetero) is 1. The molecule has 0 aromatic heterocycles. The van der Waals surface area contributed by atoms with Crippen molar-refractivity contribution >= 4 is 39.0 Å². The maximum atomic E-state index is 12.8. The van der Waals surface area contributed by atoms with E-state index in [9.17, 15) is 4.79 Å². The third-order valence-electron chi connectivity index (χ3n) is 4.83. The van der Waals surface area contributed by atoms with Crippen molar-refractivity contribution in [2.24, 2.45) is 0 Å². The maximum absolute atomic E-state index is 12.8. The first-order valence-corrected chi connectivity index (χ1v) is 10.6. The maximum Gasteiger partial charge on any atom is 0.175 e. The molecule has 5 nitrogen and oxygen atoms in total. The highest BCUT2D eigenvalue weighted by atomic mass is 79.9. The van der Waals surface area contributed by atoms with Gasteiger partial charge in [-0.3, -0.25) is 4.79 Å². The monoisotopic (exact) mass is 452 g/mol. The molecule has 7 heteroatoms. The molecule has 1 aliphatic heterocycles. The van der Waals surface area contributed by atoms with Crippen LogP contribution in [0.2, 0.25) is 0 Å². The molecule has 0 spiro atoms. The van der Waals surface area contributed by atoms with Crippen molar-refractivity contribution in [1.82, 2.24) is 10.2 Å². The topological polar surface area (TPSA) is 50.8 Å². The Balaban J connectivity index is 2.11. The summed E-state index contributed by atoms with van der Waals surface area (Å²) >= 11 is 9.20. The van der Waals surface area contributed by atoms with E-state index >= 15 is 0 Å². The van der Waals surface area contributed by atoms with Gasteiger partial charge in [0, 0.05) is 24.2 Å². The van der Waals surface area contributed by atoms with Crippen LogP contribution >= 0.6 is 28.1 Å². The predicted octanol–water partition coefficient (Wildman–Crippen LogP) is 4.50. The highest BCUT2D eigenvalue weighted by molar-refractivity contribution is 9.10. The Morgan fingerprint density at radius 3 is 2.63 bits per heavy atom. The van der Waals surface area contributed by atoms with Crippen molar-refractivity contribution in [2.75, 3.05) is 19.8 Å². The second-order valence-corrected chi connectivity index (χ2v) is 7.70. The number of nitrogens with one attached hydrogen (secondary N) is 1. The summed E-state index contributed by atoms with van der Waals surface area (Å²) in [5.41, 5.74) is 2.83. The molecule has 2 aliphatic rings. The number of halogens is 1. The summed E-state index contributed by atoms with van der Waals surface area (Å²) in [6, 6.07) is 3.67. The number of thiocarbonyl (C=S) groups is 1. The van der Waals surface area contributed by atoms with E-state index in [0.29, 0.717) is 36.2 Å². The number of ether oxygens (including phenoxy) is 2. The van der Waals surface area contributed by atoms with E-state index in [2.05, 4.69) is 28.2 Å². The zero-order valence-corrected chi connectivity index (χ0v) is 18.3. The number of benzene rings is 1. The minimum absolute atomic E-state index is 0.192. The average Bonchev–Trinajstić information content (AvgIpc) is 2.64. The second kappa shape index (κ2) is 8.61. The van der Waals surface area contributed by atoms with E-state index in [0.717, 1.165) is 40.7 Å². The number of nitrogens with zero attached hydrogens (tertiary/aromatic N) is 1. The molecule has 1 atom stereocenters. The third kappa shape index (κ3) is 3.85. The first kappa shape index (κ1) is 20.1. The van der Waals surface area contributed by atoms with Crippen molar-refractivity contribution in [2.45, 2.75) is 46.1 Å². The summed E-state index contributed by atoms with van der Waals surface area (Å²) in [6.45, 7) is 7.76. The lowest BCUT2D eigenvalue weighted by Crippen LogP contribution is -2.49. The lowest BCUT2D eigenvalue weighted by Gasteiger charge is -2.40. The molecule has 0 radical (unpaired) electrons. The first-order chi connectivity index (χ1) is 13.0. The van der Waals surface area contributed by atoms with Gasteiger partial charge in [0.15, 0.2) is 22.4 Å². The Hall–Kier alpha value is -1.60. The van der Waals surface area contributed by atoms with Crippen LogP contribution in [0, 0.1) is 0 Å². The molecular weight excluding hydrogens is 428 g/mol. The van der Waals surface area contributed by atoms with Gasteiger partial charge in [0.05, 0.1) is 23.7 Å². The Morgan fingerprint density at radius 2 is 1.96 bits per heavy atom. The quantitative estimate of drug-likeness (QED) is 0.640.